The van der Waals surface area contributed by atoms with Gasteiger partial charge in [-0.25, -0.2) is 14.6 Å². The predicted molar refractivity (Wildman–Crippen MR) is 166 cm³/mol. The van der Waals surface area contributed by atoms with Crippen LogP contribution in [-0.2, 0) is 33.9 Å². The molecule has 3 amide bonds. The molecular formula is C34H39N5O5. The summed E-state index contributed by atoms with van der Waals surface area (Å²) in [4.78, 5) is 46.4. The number of rotatable bonds is 13. The monoisotopic (exact) mass is 597 g/mol. The molecule has 4 N–H and O–H groups in total. The van der Waals surface area contributed by atoms with Crippen LogP contribution < -0.4 is 16.0 Å². The van der Waals surface area contributed by atoms with Gasteiger partial charge in [-0.15, -0.1) is 0 Å². The number of H-pyrrole nitrogens is 1. The van der Waals surface area contributed by atoms with Gasteiger partial charge >= 0.3 is 12.2 Å². The first-order chi connectivity index (χ1) is 21.3. The Kier molecular flexibility index (Phi) is 11.5. The molecule has 0 aliphatic heterocycles. The fourth-order valence-electron chi connectivity index (χ4n) is 4.57. The van der Waals surface area contributed by atoms with E-state index in [4.69, 9.17) is 9.47 Å². The molecule has 0 aliphatic rings. The van der Waals surface area contributed by atoms with Gasteiger partial charge in [0, 0.05) is 6.42 Å². The van der Waals surface area contributed by atoms with Crippen molar-refractivity contribution in [3.63, 3.8) is 0 Å². The van der Waals surface area contributed by atoms with Crippen molar-refractivity contribution in [3.8, 4) is 0 Å². The highest BCUT2D eigenvalue weighted by atomic mass is 16.6. The molecule has 3 atom stereocenters. The van der Waals surface area contributed by atoms with Gasteiger partial charge in [-0.05, 0) is 29.5 Å². The van der Waals surface area contributed by atoms with Crippen LogP contribution in [0.25, 0.3) is 0 Å². The van der Waals surface area contributed by atoms with Gasteiger partial charge in [-0.3, -0.25) is 4.79 Å². The summed E-state index contributed by atoms with van der Waals surface area (Å²) in [5, 5.41) is 8.56. The van der Waals surface area contributed by atoms with E-state index in [1.165, 1.54) is 0 Å². The van der Waals surface area contributed by atoms with Crippen molar-refractivity contribution in [2.75, 3.05) is 0 Å². The van der Waals surface area contributed by atoms with Crippen molar-refractivity contribution in [3.05, 3.63) is 125 Å². The molecule has 0 saturated carbocycles. The smallest absolute Gasteiger partial charge is 0.408 e. The number of carbonyl (C=O) groups is 3. The Morgan fingerprint density at radius 3 is 1.73 bits per heavy atom. The summed E-state index contributed by atoms with van der Waals surface area (Å²) in [6.07, 6.45) is 0.677. The number of aromatic amines is 1. The maximum atomic E-state index is 13.4. The minimum atomic E-state index is -0.887. The van der Waals surface area contributed by atoms with Crippen LogP contribution >= 0.6 is 0 Å². The summed E-state index contributed by atoms with van der Waals surface area (Å²) in [6, 6.07) is 26.4. The van der Waals surface area contributed by atoms with Crippen LogP contribution in [0.5, 0.6) is 0 Å². The highest BCUT2D eigenvalue weighted by Crippen LogP contribution is 2.22. The van der Waals surface area contributed by atoms with Gasteiger partial charge in [0.25, 0.3) is 0 Å². The molecule has 4 aromatic rings. The molecule has 4 rings (SSSR count). The standard InChI is InChI=1S/C34H39N5O5/c1-23(2)30(39-34(42)44-22-27-17-11-6-12-18-27)29-20-35-31(37-29)24(3)36-32(40)28(19-25-13-7-4-8-14-25)38-33(41)43-21-26-15-9-5-10-16-26/h4-18,20,23-24,28,30H,19,21-22H2,1-3H3,(H,35,37)(H,36,40)(H,38,41)(H,39,42)/t24-,28-,30-/m0/s1. The molecule has 10 heteroatoms. The summed E-state index contributed by atoms with van der Waals surface area (Å²) in [7, 11) is 0. The minimum absolute atomic E-state index is 0.0267. The molecule has 0 fully saturated rings. The Hall–Kier alpha value is -5.12. The third kappa shape index (κ3) is 9.72. The van der Waals surface area contributed by atoms with Crippen LogP contribution in [0.2, 0.25) is 0 Å². The number of hydrogen-bond acceptors (Lipinski definition) is 6. The van der Waals surface area contributed by atoms with Gasteiger partial charge in [-0.1, -0.05) is 105 Å². The maximum absolute atomic E-state index is 13.4. The van der Waals surface area contributed by atoms with E-state index in [1.54, 1.807) is 13.1 Å². The number of ether oxygens (including phenoxy) is 2. The normalized spacial score (nSPS) is 12.9. The van der Waals surface area contributed by atoms with Crippen molar-refractivity contribution in [2.24, 2.45) is 5.92 Å². The lowest BCUT2D eigenvalue weighted by molar-refractivity contribution is -0.123. The van der Waals surface area contributed by atoms with E-state index >= 15 is 0 Å². The van der Waals surface area contributed by atoms with E-state index < -0.39 is 30.3 Å². The van der Waals surface area contributed by atoms with E-state index in [1.807, 2.05) is 105 Å². The number of alkyl carbamates (subject to hydrolysis) is 2. The number of nitrogens with one attached hydrogen (secondary N) is 4. The molecule has 0 radical (unpaired) electrons. The third-order valence-corrected chi connectivity index (χ3v) is 6.98. The van der Waals surface area contributed by atoms with Gasteiger partial charge in [0.2, 0.25) is 5.91 Å². The van der Waals surface area contributed by atoms with Gasteiger partial charge < -0.3 is 30.4 Å². The summed E-state index contributed by atoms with van der Waals surface area (Å²) < 4.78 is 10.8. The van der Waals surface area contributed by atoms with Crippen molar-refractivity contribution in [1.29, 1.82) is 0 Å². The quantitative estimate of drug-likeness (QED) is 0.155. The molecule has 0 saturated heterocycles. The van der Waals surface area contributed by atoms with E-state index in [9.17, 15) is 14.4 Å². The van der Waals surface area contributed by atoms with Crippen molar-refractivity contribution in [2.45, 2.75) is 58.5 Å². The lowest BCUT2D eigenvalue weighted by atomic mass is 10.0. The zero-order chi connectivity index (χ0) is 31.3. The summed E-state index contributed by atoms with van der Waals surface area (Å²) >= 11 is 0. The topological polar surface area (TPSA) is 134 Å². The first-order valence-electron chi connectivity index (χ1n) is 14.6. The van der Waals surface area contributed by atoms with Crippen molar-refractivity contribution >= 4 is 18.1 Å². The Bertz CT molecular complexity index is 1480. The summed E-state index contributed by atoms with van der Waals surface area (Å²) in [5.41, 5.74) is 3.29. The van der Waals surface area contributed by atoms with Crippen LogP contribution in [0, 0.1) is 5.92 Å². The molecule has 1 aromatic heterocycles. The Labute approximate surface area is 257 Å². The number of aromatic nitrogens is 2. The summed E-state index contributed by atoms with van der Waals surface area (Å²) in [5.74, 6) is 0.140. The average Bonchev–Trinajstić information content (AvgIpc) is 3.53. The second kappa shape index (κ2) is 15.9. The number of nitrogens with zero attached hydrogens (tertiary/aromatic N) is 1. The molecular weight excluding hydrogens is 558 g/mol. The SMILES string of the molecule is CC(C)[C@H](NC(=O)OCc1ccccc1)c1cnc([C@H](C)NC(=O)[C@H](Cc2ccccc2)NC(=O)OCc2ccccc2)[nH]1. The molecule has 0 unspecified atom stereocenters. The molecule has 3 aromatic carbocycles. The minimum Gasteiger partial charge on any atom is -0.445 e. The van der Waals surface area contributed by atoms with Crippen LogP contribution in [0.4, 0.5) is 9.59 Å². The number of imidazole rings is 1. The fraction of sp³-hybridized carbons (Fsp3) is 0.294. The van der Waals surface area contributed by atoms with E-state index in [0.717, 1.165) is 16.7 Å². The Morgan fingerprint density at radius 2 is 1.20 bits per heavy atom. The molecule has 1 heterocycles. The lowest BCUT2D eigenvalue weighted by Crippen LogP contribution is -2.48. The highest BCUT2D eigenvalue weighted by Gasteiger charge is 2.26. The second-order valence-corrected chi connectivity index (χ2v) is 10.8. The number of benzene rings is 3. The second-order valence-electron chi connectivity index (χ2n) is 10.8. The lowest BCUT2D eigenvalue weighted by Gasteiger charge is -2.22. The fourth-order valence-corrected chi connectivity index (χ4v) is 4.57. The first kappa shape index (κ1) is 31.8. The van der Waals surface area contributed by atoms with Crippen molar-refractivity contribution < 1.29 is 23.9 Å². The number of carbonyl (C=O) groups excluding carboxylic acids is 3. The molecule has 0 spiro atoms. The first-order valence-corrected chi connectivity index (χ1v) is 14.6. The largest absolute Gasteiger partial charge is 0.445 e. The molecule has 0 aliphatic carbocycles. The van der Waals surface area contributed by atoms with Crippen LogP contribution in [0.15, 0.2) is 97.2 Å². The van der Waals surface area contributed by atoms with E-state index in [2.05, 4.69) is 25.9 Å². The van der Waals surface area contributed by atoms with Crippen LogP contribution in [0.1, 0.15) is 61.1 Å². The van der Waals surface area contributed by atoms with Gasteiger partial charge in [0.1, 0.15) is 25.1 Å². The third-order valence-electron chi connectivity index (χ3n) is 6.98. The Morgan fingerprint density at radius 1 is 0.705 bits per heavy atom. The molecule has 44 heavy (non-hydrogen) atoms. The average molecular weight is 598 g/mol. The van der Waals surface area contributed by atoms with E-state index in [0.29, 0.717) is 11.5 Å². The maximum Gasteiger partial charge on any atom is 0.408 e. The highest BCUT2D eigenvalue weighted by molar-refractivity contribution is 5.86. The molecule has 230 valence electrons. The van der Waals surface area contributed by atoms with Gasteiger partial charge in [-0.2, -0.15) is 0 Å². The number of amides is 3. The predicted octanol–water partition coefficient (Wildman–Crippen LogP) is 5.75. The van der Waals surface area contributed by atoms with Gasteiger partial charge in [0.15, 0.2) is 0 Å². The van der Waals surface area contributed by atoms with E-state index in [-0.39, 0.29) is 31.5 Å². The van der Waals surface area contributed by atoms with Crippen LogP contribution in [-0.4, -0.2) is 34.1 Å². The van der Waals surface area contributed by atoms with Gasteiger partial charge in [0.05, 0.1) is 24.0 Å². The van der Waals surface area contributed by atoms with Crippen molar-refractivity contribution in [1.82, 2.24) is 25.9 Å². The number of hydrogen-bond donors (Lipinski definition) is 4. The zero-order valence-corrected chi connectivity index (χ0v) is 25.2. The van der Waals surface area contributed by atoms with Crippen LogP contribution in [0.3, 0.4) is 0 Å². The summed E-state index contributed by atoms with van der Waals surface area (Å²) in [6.45, 7) is 5.99. The zero-order valence-electron chi connectivity index (χ0n) is 25.2. The molecule has 0 bridgehead atoms. The Balaban J connectivity index is 1.37. The molecule has 10 nitrogen and oxygen atoms in total.